The number of fused-ring (bicyclic) bond motifs is 2. The summed E-state index contributed by atoms with van der Waals surface area (Å²) in [6, 6.07) is 1.12. The molecule has 0 saturated heterocycles. The van der Waals surface area contributed by atoms with Gasteiger partial charge >= 0.3 is 0 Å². The van der Waals surface area contributed by atoms with Crippen molar-refractivity contribution in [2.24, 2.45) is 23.5 Å². The highest BCUT2D eigenvalue weighted by Crippen LogP contribution is 2.47. The maximum Gasteiger partial charge on any atom is 0.225 e. The predicted octanol–water partition coefficient (Wildman–Crippen LogP) is 1.59. The topological polar surface area (TPSA) is 58.4 Å². The van der Waals surface area contributed by atoms with Crippen LogP contribution in [0, 0.1) is 17.8 Å². The van der Waals surface area contributed by atoms with Gasteiger partial charge in [0.05, 0.1) is 5.92 Å². The molecule has 4 heteroatoms. The van der Waals surface area contributed by atoms with Gasteiger partial charge in [-0.2, -0.15) is 0 Å². The van der Waals surface area contributed by atoms with E-state index in [1.54, 1.807) is 0 Å². The van der Waals surface area contributed by atoms with Crippen LogP contribution in [-0.2, 0) is 4.79 Å². The van der Waals surface area contributed by atoms with Crippen molar-refractivity contribution in [3.8, 4) is 0 Å². The molecule has 4 nitrogen and oxygen atoms in total. The van der Waals surface area contributed by atoms with E-state index in [2.05, 4.69) is 37.9 Å². The summed E-state index contributed by atoms with van der Waals surface area (Å²) >= 11 is 0. The average molecular weight is 281 g/mol. The molecule has 4 unspecified atom stereocenters. The number of nitrogens with one attached hydrogen (secondary N) is 1. The maximum atomic E-state index is 12.4. The third-order valence-electron chi connectivity index (χ3n) is 5.28. The Morgan fingerprint density at radius 2 is 1.80 bits per heavy atom. The zero-order valence-electron chi connectivity index (χ0n) is 13.4. The van der Waals surface area contributed by atoms with Gasteiger partial charge in [0, 0.05) is 31.2 Å². The van der Waals surface area contributed by atoms with Gasteiger partial charge in [0.15, 0.2) is 0 Å². The van der Waals surface area contributed by atoms with E-state index < -0.39 is 0 Å². The van der Waals surface area contributed by atoms with Crippen molar-refractivity contribution >= 4 is 5.91 Å². The molecule has 2 aliphatic carbocycles. The molecule has 0 aromatic heterocycles. The van der Waals surface area contributed by atoms with E-state index in [4.69, 9.17) is 5.73 Å². The molecule has 3 N–H and O–H groups in total. The second-order valence-electron chi connectivity index (χ2n) is 7.15. The molecule has 4 atom stereocenters. The largest absolute Gasteiger partial charge is 0.355 e. The first-order valence-electron chi connectivity index (χ1n) is 8.20. The Kier molecular flexibility index (Phi) is 5.08. The molecule has 0 aromatic rings. The molecule has 1 amide bonds. The number of nitrogens with two attached hydrogens (primary N) is 1. The lowest BCUT2D eigenvalue weighted by atomic mass is 9.84. The summed E-state index contributed by atoms with van der Waals surface area (Å²) in [5.41, 5.74) is 6.22. The molecule has 2 aliphatic rings. The summed E-state index contributed by atoms with van der Waals surface area (Å²) in [5.74, 6) is 1.40. The molecule has 0 heterocycles. The number of rotatable bonds is 6. The van der Waals surface area contributed by atoms with E-state index in [0.29, 0.717) is 23.9 Å². The number of carbonyl (C=O) groups is 1. The summed E-state index contributed by atoms with van der Waals surface area (Å²) < 4.78 is 0. The second kappa shape index (κ2) is 6.44. The van der Waals surface area contributed by atoms with Gasteiger partial charge in [-0.1, -0.05) is 0 Å². The fraction of sp³-hybridized carbons (Fsp3) is 0.938. The van der Waals surface area contributed by atoms with Gasteiger partial charge in [0.2, 0.25) is 5.91 Å². The van der Waals surface area contributed by atoms with Crippen molar-refractivity contribution in [3.63, 3.8) is 0 Å². The van der Waals surface area contributed by atoms with Crippen LogP contribution in [-0.4, -0.2) is 42.0 Å². The quantitative estimate of drug-likeness (QED) is 0.777. The molecular formula is C16H31N3O. The maximum absolute atomic E-state index is 12.4. The van der Waals surface area contributed by atoms with Crippen molar-refractivity contribution in [1.29, 1.82) is 0 Å². The number of hydrogen-bond donors (Lipinski definition) is 2. The fourth-order valence-electron chi connectivity index (χ4n) is 4.26. The molecule has 2 bridgehead atoms. The monoisotopic (exact) mass is 281 g/mol. The van der Waals surface area contributed by atoms with Gasteiger partial charge < -0.3 is 11.1 Å². The summed E-state index contributed by atoms with van der Waals surface area (Å²) in [5, 5.41) is 3.12. The Morgan fingerprint density at radius 1 is 1.20 bits per heavy atom. The second-order valence-corrected chi connectivity index (χ2v) is 7.15. The predicted molar refractivity (Wildman–Crippen MR) is 82.3 cm³/mol. The van der Waals surface area contributed by atoms with Crippen molar-refractivity contribution in [3.05, 3.63) is 0 Å². The van der Waals surface area contributed by atoms with Crippen LogP contribution in [0.25, 0.3) is 0 Å². The lowest BCUT2D eigenvalue weighted by Gasteiger charge is -2.31. The van der Waals surface area contributed by atoms with E-state index in [0.717, 1.165) is 13.1 Å². The minimum atomic E-state index is 0.0697. The standard InChI is InChI=1S/C16H31N3O/c1-10(2)19(11(3)4)8-7-18-16(20)14-12-5-6-13(9-12)15(14)17/h10-15H,5-9,17H2,1-4H3,(H,18,20). The first-order valence-corrected chi connectivity index (χ1v) is 8.20. The normalized spacial score (nSPS) is 32.6. The Bertz CT molecular complexity index is 333. The van der Waals surface area contributed by atoms with Gasteiger partial charge in [0.1, 0.15) is 0 Å². The third-order valence-corrected chi connectivity index (χ3v) is 5.28. The SMILES string of the molecule is CC(C)N(CCNC(=O)C1C2CCC(C2)C1N)C(C)C. The van der Waals surface area contributed by atoms with Gasteiger partial charge in [-0.15, -0.1) is 0 Å². The number of nitrogens with zero attached hydrogens (tertiary/aromatic N) is 1. The highest BCUT2D eigenvalue weighted by molar-refractivity contribution is 5.80. The fourth-order valence-corrected chi connectivity index (χ4v) is 4.26. The minimum absolute atomic E-state index is 0.0697. The molecule has 116 valence electrons. The highest BCUT2D eigenvalue weighted by Gasteiger charge is 2.48. The van der Waals surface area contributed by atoms with Gasteiger partial charge in [-0.3, -0.25) is 9.69 Å². The average Bonchev–Trinajstić information content (AvgIpc) is 2.93. The number of carbonyl (C=O) groups excluding carboxylic acids is 1. The van der Waals surface area contributed by atoms with Crippen molar-refractivity contribution in [2.75, 3.05) is 13.1 Å². The molecule has 0 aliphatic heterocycles. The zero-order chi connectivity index (χ0) is 14.9. The minimum Gasteiger partial charge on any atom is -0.355 e. The molecule has 0 spiro atoms. The van der Waals surface area contributed by atoms with Crippen molar-refractivity contribution in [2.45, 2.75) is 65.1 Å². The smallest absolute Gasteiger partial charge is 0.225 e. The molecular weight excluding hydrogens is 250 g/mol. The Labute approximate surface area is 123 Å². The zero-order valence-corrected chi connectivity index (χ0v) is 13.4. The summed E-state index contributed by atoms with van der Waals surface area (Å²) in [6.07, 6.45) is 3.59. The van der Waals surface area contributed by atoms with Crippen LogP contribution in [0.15, 0.2) is 0 Å². The number of hydrogen-bond acceptors (Lipinski definition) is 3. The summed E-state index contributed by atoms with van der Waals surface area (Å²) in [6.45, 7) is 10.5. The van der Waals surface area contributed by atoms with E-state index in [9.17, 15) is 4.79 Å². The van der Waals surface area contributed by atoms with Crippen LogP contribution in [0.5, 0.6) is 0 Å². The van der Waals surface area contributed by atoms with Gasteiger partial charge in [-0.05, 0) is 58.8 Å². The Morgan fingerprint density at radius 3 is 2.30 bits per heavy atom. The van der Waals surface area contributed by atoms with Crippen LogP contribution in [0.3, 0.4) is 0 Å². The summed E-state index contributed by atoms with van der Waals surface area (Å²) in [4.78, 5) is 14.8. The lowest BCUT2D eigenvalue weighted by Crippen LogP contribution is -2.48. The molecule has 20 heavy (non-hydrogen) atoms. The third kappa shape index (κ3) is 3.17. The van der Waals surface area contributed by atoms with Crippen LogP contribution in [0.1, 0.15) is 47.0 Å². The van der Waals surface area contributed by atoms with E-state index in [-0.39, 0.29) is 17.9 Å². The first-order chi connectivity index (χ1) is 9.41. The van der Waals surface area contributed by atoms with Crippen molar-refractivity contribution < 1.29 is 4.79 Å². The Balaban J connectivity index is 1.78. The molecule has 2 fully saturated rings. The molecule has 0 radical (unpaired) electrons. The summed E-state index contributed by atoms with van der Waals surface area (Å²) in [7, 11) is 0. The van der Waals surface area contributed by atoms with E-state index in [1.807, 2.05) is 0 Å². The molecule has 0 aromatic carbocycles. The molecule has 2 saturated carbocycles. The Hall–Kier alpha value is -0.610. The first kappa shape index (κ1) is 15.8. The van der Waals surface area contributed by atoms with E-state index in [1.165, 1.54) is 19.3 Å². The van der Waals surface area contributed by atoms with Crippen LogP contribution in [0.4, 0.5) is 0 Å². The van der Waals surface area contributed by atoms with Crippen LogP contribution >= 0.6 is 0 Å². The van der Waals surface area contributed by atoms with Crippen molar-refractivity contribution in [1.82, 2.24) is 10.2 Å². The van der Waals surface area contributed by atoms with Crippen LogP contribution < -0.4 is 11.1 Å². The lowest BCUT2D eigenvalue weighted by molar-refractivity contribution is -0.127. The van der Waals surface area contributed by atoms with E-state index >= 15 is 0 Å². The van der Waals surface area contributed by atoms with Gasteiger partial charge in [0.25, 0.3) is 0 Å². The van der Waals surface area contributed by atoms with Crippen LogP contribution in [0.2, 0.25) is 0 Å². The highest BCUT2D eigenvalue weighted by atomic mass is 16.1. The molecule has 2 rings (SSSR count). The number of amides is 1. The van der Waals surface area contributed by atoms with Gasteiger partial charge in [-0.25, -0.2) is 0 Å².